The Bertz CT molecular complexity index is 811. The Labute approximate surface area is 128 Å². The lowest BCUT2D eigenvalue weighted by molar-refractivity contribution is -0.114. The number of benzene rings is 2. The molecule has 2 aromatic carbocycles. The van der Waals surface area contributed by atoms with Crippen molar-refractivity contribution in [2.45, 2.75) is 13.8 Å². The number of nitrogens with one attached hydrogen (secondary N) is 1. The highest BCUT2D eigenvalue weighted by Crippen LogP contribution is 2.29. The van der Waals surface area contributed by atoms with Crippen LogP contribution in [0.15, 0.2) is 36.4 Å². The molecule has 3 rings (SSSR count). The van der Waals surface area contributed by atoms with E-state index in [2.05, 4.69) is 5.32 Å². The van der Waals surface area contributed by atoms with Crippen molar-refractivity contribution < 1.29 is 14.7 Å². The fourth-order valence-electron chi connectivity index (χ4n) is 2.66. The summed E-state index contributed by atoms with van der Waals surface area (Å²) in [6.07, 6.45) is 1.74. The lowest BCUT2D eigenvalue weighted by atomic mass is 9.93. The van der Waals surface area contributed by atoms with E-state index in [9.17, 15) is 14.7 Å². The highest BCUT2D eigenvalue weighted by molar-refractivity contribution is 6.33. The average Bonchev–Trinajstić information content (AvgIpc) is 2.49. The summed E-state index contributed by atoms with van der Waals surface area (Å²) in [5.41, 5.74) is 3.85. The van der Waals surface area contributed by atoms with E-state index < -0.39 is 5.91 Å². The molecule has 0 unspecified atom stereocenters. The van der Waals surface area contributed by atoms with Gasteiger partial charge in [0, 0.05) is 11.1 Å². The van der Waals surface area contributed by atoms with Crippen molar-refractivity contribution in [1.29, 1.82) is 0 Å². The average molecular weight is 293 g/mol. The van der Waals surface area contributed by atoms with Crippen LogP contribution < -0.4 is 5.32 Å². The quantitative estimate of drug-likeness (QED) is 0.627. The van der Waals surface area contributed by atoms with Crippen LogP contribution in [0.4, 0.5) is 0 Å². The molecule has 0 saturated heterocycles. The van der Waals surface area contributed by atoms with Crippen molar-refractivity contribution in [1.82, 2.24) is 5.32 Å². The van der Waals surface area contributed by atoms with Crippen molar-refractivity contribution >= 4 is 23.5 Å². The molecule has 110 valence electrons. The highest BCUT2D eigenvalue weighted by Gasteiger charge is 2.26. The minimum absolute atomic E-state index is 0.255. The van der Waals surface area contributed by atoms with Gasteiger partial charge in [0.05, 0.1) is 0 Å². The minimum atomic E-state index is -0.410. The number of hydrogen-bond acceptors (Lipinski definition) is 3. The van der Waals surface area contributed by atoms with Crippen LogP contribution in [0.5, 0.6) is 5.75 Å². The molecule has 2 amide bonds. The molecule has 22 heavy (non-hydrogen) atoms. The third kappa shape index (κ3) is 2.29. The van der Waals surface area contributed by atoms with E-state index in [1.165, 1.54) is 0 Å². The van der Waals surface area contributed by atoms with E-state index >= 15 is 0 Å². The molecule has 1 aliphatic heterocycles. The molecule has 4 nitrogen and oxygen atoms in total. The number of imide groups is 1. The van der Waals surface area contributed by atoms with Gasteiger partial charge in [-0.05, 0) is 60.4 Å². The SMILES string of the molecule is Cc1cc(C=C2C(=O)NC(=O)c3ccccc32)cc(C)c1O. The third-order valence-electron chi connectivity index (χ3n) is 3.76. The molecule has 0 saturated carbocycles. The largest absolute Gasteiger partial charge is 0.507 e. The van der Waals surface area contributed by atoms with Crippen LogP contribution in [0.1, 0.15) is 32.6 Å². The maximum Gasteiger partial charge on any atom is 0.258 e. The van der Waals surface area contributed by atoms with Gasteiger partial charge >= 0.3 is 0 Å². The first-order chi connectivity index (χ1) is 10.5. The Morgan fingerprint density at radius 1 is 0.955 bits per heavy atom. The second-order valence-corrected chi connectivity index (χ2v) is 5.39. The van der Waals surface area contributed by atoms with Crippen LogP contribution in [0.25, 0.3) is 11.6 Å². The van der Waals surface area contributed by atoms with E-state index in [0.717, 1.165) is 16.7 Å². The van der Waals surface area contributed by atoms with Crippen molar-refractivity contribution in [3.63, 3.8) is 0 Å². The van der Waals surface area contributed by atoms with Crippen LogP contribution in [0.2, 0.25) is 0 Å². The standard InChI is InChI=1S/C18H15NO3/c1-10-7-12(8-11(2)16(10)20)9-15-13-5-3-4-6-14(13)17(21)19-18(15)22/h3-9,20H,1-2H3,(H,19,21,22). The predicted molar refractivity (Wildman–Crippen MR) is 84.4 cm³/mol. The Morgan fingerprint density at radius 2 is 1.55 bits per heavy atom. The first kappa shape index (κ1) is 14.1. The Kier molecular flexibility index (Phi) is 3.29. The first-order valence-electron chi connectivity index (χ1n) is 6.94. The van der Waals surface area contributed by atoms with Gasteiger partial charge in [0.2, 0.25) is 0 Å². The fourth-order valence-corrected chi connectivity index (χ4v) is 2.66. The number of aryl methyl sites for hydroxylation is 2. The molecule has 0 bridgehead atoms. The van der Waals surface area contributed by atoms with Crippen molar-refractivity contribution in [3.8, 4) is 5.75 Å². The van der Waals surface area contributed by atoms with Crippen molar-refractivity contribution in [2.75, 3.05) is 0 Å². The summed E-state index contributed by atoms with van der Waals surface area (Å²) in [6.45, 7) is 3.62. The number of carbonyl (C=O) groups excluding carboxylic acids is 2. The van der Waals surface area contributed by atoms with E-state index in [1.807, 2.05) is 26.0 Å². The van der Waals surface area contributed by atoms with Gasteiger partial charge in [0.25, 0.3) is 11.8 Å². The summed E-state index contributed by atoms with van der Waals surface area (Å²) >= 11 is 0. The van der Waals surface area contributed by atoms with E-state index in [4.69, 9.17) is 0 Å². The summed E-state index contributed by atoms with van der Waals surface area (Å²) < 4.78 is 0. The zero-order valence-corrected chi connectivity index (χ0v) is 12.3. The summed E-state index contributed by atoms with van der Waals surface area (Å²) in [5, 5.41) is 12.2. The second kappa shape index (κ2) is 5.15. The van der Waals surface area contributed by atoms with Crippen LogP contribution in [-0.2, 0) is 4.79 Å². The molecular formula is C18H15NO3. The maximum atomic E-state index is 12.2. The monoisotopic (exact) mass is 293 g/mol. The third-order valence-corrected chi connectivity index (χ3v) is 3.76. The van der Waals surface area contributed by atoms with Gasteiger partial charge < -0.3 is 5.11 Å². The zero-order valence-electron chi connectivity index (χ0n) is 12.3. The lowest BCUT2D eigenvalue weighted by Gasteiger charge is -2.18. The molecule has 0 aliphatic carbocycles. The number of carbonyl (C=O) groups is 2. The fraction of sp³-hybridized carbons (Fsp3) is 0.111. The van der Waals surface area contributed by atoms with E-state index in [-0.39, 0.29) is 11.7 Å². The summed E-state index contributed by atoms with van der Waals surface area (Å²) in [4.78, 5) is 24.0. The van der Waals surface area contributed by atoms with E-state index in [0.29, 0.717) is 16.7 Å². The van der Waals surface area contributed by atoms with Crippen molar-refractivity contribution in [2.24, 2.45) is 0 Å². The van der Waals surface area contributed by atoms with Gasteiger partial charge in [-0.25, -0.2) is 0 Å². The summed E-state index contributed by atoms with van der Waals surface area (Å²) in [7, 11) is 0. The van der Waals surface area contributed by atoms with Crippen LogP contribution >= 0.6 is 0 Å². The number of phenolic OH excluding ortho intramolecular Hbond substituents is 1. The number of phenols is 1. The van der Waals surface area contributed by atoms with Crippen LogP contribution in [-0.4, -0.2) is 16.9 Å². The van der Waals surface area contributed by atoms with Gasteiger partial charge in [-0.15, -0.1) is 0 Å². The molecule has 2 aromatic rings. The molecule has 4 heteroatoms. The summed E-state index contributed by atoms with van der Waals surface area (Å²) in [6, 6.07) is 10.6. The number of rotatable bonds is 1. The molecular weight excluding hydrogens is 278 g/mol. The molecule has 0 aromatic heterocycles. The molecule has 2 N–H and O–H groups in total. The summed E-state index contributed by atoms with van der Waals surface area (Å²) in [5.74, 6) is -0.534. The van der Waals surface area contributed by atoms with Crippen molar-refractivity contribution in [3.05, 3.63) is 64.2 Å². The normalized spacial score (nSPS) is 15.6. The molecule has 0 fully saturated rings. The number of hydrogen-bond donors (Lipinski definition) is 2. The number of fused-ring (bicyclic) bond motifs is 1. The minimum Gasteiger partial charge on any atom is -0.507 e. The Balaban J connectivity index is 2.17. The molecule has 0 atom stereocenters. The molecule has 0 radical (unpaired) electrons. The number of aromatic hydroxyl groups is 1. The van der Waals surface area contributed by atoms with Gasteiger partial charge in [-0.1, -0.05) is 18.2 Å². The number of amides is 2. The predicted octanol–water partition coefficient (Wildman–Crippen LogP) is 2.82. The van der Waals surface area contributed by atoms with Gasteiger partial charge in [0.1, 0.15) is 5.75 Å². The first-order valence-corrected chi connectivity index (χ1v) is 6.94. The highest BCUT2D eigenvalue weighted by atomic mass is 16.3. The maximum absolute atomic E-state index is 12.2. The smallest absolute Gasteiger partial charge is 0.258 e. The molecule has 0 spiro atoms. The van der Waals surface area contributed by atoms with E-state index in [1.54, 1.807) is 30.3 Å². The zero-order chi connectivity index (χ0) is 15.9. The lowest BCUT2D eigenvalue weighted by Crippen LogP contribution is -2.36. The van der Waals surface area contributed by atoms with Gasteiger partial charge in [0.15, 0.2) is 0 Å². The molecule has 1 heterocycles. The van der Waals surface area contributed by atoms with Gasteiger partial charge in [-0.2, -0.15) is 0 Å². The van der Waals surface area contributed by atoms with Crippen LogP contribution in [0.3, 0.4) is 0 Å². The van der Waals surface area contributed by atoms with Gasteiger partial charge in [-0.3, -0.25) is 14.9 Å². The molecule has 1 aliphatic rings. The Hall–Kier alpha value is -2.88. The Morgan fingerprint density at radius 3 is 2.18 bits per heavy atom. The van der Waals surface area contributed by atoms with Crippen LogP contribution in [0, 0.1) is 13.8 Å². The second-order valence-electron chi connectivity index (χ2n) is 5.39. The topological polar surface area (TPSA) is 66.4 Å².